The van der Waals surface area contributed by atoms with Crippen molar-refractivity contribution < 1.29 is 14.3 Å². The van der Waals surface area contributed by atoms with Gasteiger partial charge in [-0.25, -0.2) is 9.48 Å². The molecule has 0 N–H and O–H groups in total. The number of ether oxygens (including phenoxy) is 1. The molecule has 0 fully saturated rings. The minimum Gasteiger partial charge on any atom is -0.464 e. The van der Waals surface area contributed by atoms with Crippen molar-refractivity contribution in [2.75, 3.05) is 21.2 Å². The monoisotopic (exact) mass is 268 g/mol. The van der Waals surface area contributed by atoms with Crippen molar-refractivity contribution in [3.63, 3.8) is 0 Å². The van der Waals surface area contributed by atoms with Gasteiger partial charge in [-0.3, -0.25) is 4.79 Å². The normalized spacial score (nSPS) is 12.1. The molecule has 0 aliphatic rings. The molecule has 1 heterocycles. The number of carbonyl (C=O) groups excluding carboxylic acids is 2. The van der Waals surface area contributed by atoms with E-state index >= 15 is 0 Å². The van der Waals surface area contributed by atoms with Crippen molar-refractivity contribution in [1.82, 2.24) is 19.9 Å². The molecule has 1 unspecified atom stereocenters. The van der Waals surface area contributed by atoms with E-state index in [-0.39, 0.29) is 11.6 Å². The Morgan fingerprint density at radius 3 is 2.53 bits per heavy atom. The van der Waals surface area contributed by atoms with E-state index in [0.29, 0.717) is 12.1 Å². The first kappa shape index (κ1) is 15.1. The van der Waals surface area contributed by atoms with Crippen LogP contribution in [0.4, 0.5) is 0 Å². The Balaban J connectivity index is 3.17. The second-order valence-electron chi connectivity index (χ2n) is 4.48. The van der Waals surface area contributed by atoms with E-state index in [1.807, 2.05) is 6.92 Å². The minimum atomic E-state index is -0.529. The second kappa shape index (κ2) is 6.31. The Bertz CT molecular complexity index is 468. The van der Waals surface area contributed by atoms with E-state index < -0.39 is 12.0 Å². The zero-order valence-corrected chi connectivity index (χ0v) is 12.0. The van der Waals surface area contributed by atoms with Gasteiger partial charge in [0, 0.05) is 14.1 Å². The number of nitrogens with zero attached hydrogens (tertiary/aromatic N) is 4. The smallest absolute Gasteiger partial charge is 0.360 e. The lowest BCUT2D eigenvalue weighted by Crippen LogP contribution is -2.31. The summed E-state index contributed by atoms with van der Waals surface area (Å²) >= 11 is 0. The maximum absolute atomic E-state index is 12.0. The van der Waals surface area contributed by atoms with Gasteiger partial charge in [-0.2, -0.15) is 0 Å². The van der Waals surface area contributed by atoms with E-state index in [0.717, 1.165) is 6.42 Å². The van der Waals surface area contributed by atoms with Crippen molar-refractivity contribution in [3.05, 3.63) is 11.4 Å². The molecular formula is C12H20N4O3. The largest absolute Gasteiger partial charge is 0.464 e. The average molecular weight is 268 g/mol. The standard InChI is InChI=1S/C12H20N4O3/c1-6-7-9-10(12(18)19-5)13-14-16(9)8(2)11(17)15(3)4/h8H,6-7H2,1-5H3. The van der Waals surface area contributed by atoms with Crippen molar-refractivity contribution in [2.45, 2.75) is 32.7 Å². The number of methoxy groups -OCH3 is 1. The lowest BCUT2D eigenvalue weighted by molar-refractivity contribution is -0.132. The van der Waals surface area contributed by atoms with Gasteiger partial charge in [0.1, 0.15) is 6.04 Å². The molecule has 0 aliphatic heterocycles. The van der Waals surface area contributed by atoms with Crippen molar-refractivity contribution in [3.8, 4) is 0 Å². The van der Waals surface area contributed by atoms with Gasteiger partial charge in [0.25, 0.3) is 0 Å². The van der Waals surface area contributed by atoms with E-state index in [9.17, 15) is 9.59 Å². The number of rotatable bonds is 5. The van der Waals surface area contributed by atoms with Crippen LogP contribution >= 0.6 is 0 Å². The second-order valence-corrected chi connectivity index (χ2v) is 4.48. The van der Waals surface area contributed by atoms with Gasteiger partial charge in [-0.05, 0) is 13.3 Å². The van der Waals surface area contributed by atoms with E-state index in [2.05, 4.69) is 15.0 Å². The van der Waals surface area contributed by atoms with Crippen LogP contribution < -0.4 is 0 Å². The lowest BCUT2D eigenvalue weighted by Gasteiger charge is -2.18. The van der Waals surface area contributed by atoms with Crippen LogP contribution in [0.3, 0.4) is 0 Å². The summed E-state index contributed by atoms with van der Waals surface area (Å²) in [5, 5.41) is 7.76. The molecule has 0 saturated heterocycles. The number of amides is 1. The van der Waals surface area contributed by atoms with Crippen molar-refractivity contribution in [1.29, 1.82) is 0 Å². The summed E-state index contributed by atoms with van der Waals surface area (Å²) in [5.74, 6) is -0.627. The first-order valence-corrected chi connectivity index (χ1v) is 6.17. The molecule has 1 atom stereocenters. The number of esters is 1. The Labute approximate surface area is 112 Å². The Hall–Kier alpha value is -1.92. The first-order valence-electron chi connectivity index (χ1n) is 6.17. The number of hydrogen-bond donors (Lipinski definition) is 0. The average Bonchev–Trinajstić information content (AvgIpc) is 2.80. The number of carbonyl (C=O) groups is 2. The van der Waals surface area contributed by atoms with Gasteiger partial charge in [0.2, 0.25) is 5.91 Å². The third-order valence-corrected chi connectivity index (χ3v) is 2.82. The van der Waals surface area contributed by atoms with Crippen LogP contribution in [-0.4, -0.2) is 53.0 Å². The highest BCUT2D eigenvalue weighted by Gasteiger charge is 2.26. The molecule has 7 heteroatoms. The predicted molar refractivity (Wildman–Crippen MR) is 68.8 cm³/mol. The van der Waals surface area contributed by atoms with Gasteiger partial charge in [-0.1, -0.05) is 18.6 Å². The number of aromatic nitrogens is 3. The number of likely N-dealkylation sites (N-methyl/N-ethyl adjacent to an activating group) is 1. The summed E-state index contributed by atoms with van der Waals surface area (Å²) in [7, 11) is 4.65. The summed E-state index contributed by atoms with van der Waals surface area (Å²) in [4.78, 5) is 25.1. The molecule has 7 nitrogen and oxygen atoms in total. The van der Waals surface area contributed by atoms with Gasteiger partial charge in [0.05, 0.1) is 12.8 Å². The lowest BCUT2D eigenvalue weighted by atomic mass is 10.2. The van der Waals surface area contributed by atoms with E-state index in [4.69, 9.17) is 0 Å². The third-order valence-electron chi connectivity index (χ3n) is 2.82. The highest BCUT2D eigenvalue weighted by Crippen LogP contribution is 2.16. The third kappa shape index (κ3) is 3.10. The van der Waals surface area contributed by atoms with Gasteiger partial charge >= 0.3 is 5.97 Å². The molecule has 1 rings (SSSR count). The SMILES string of the molecule is CCCc1c(C(=O)OC)nnn1C(C)C(=O)N(C)C. The van der Waals surface area contributed by atoms with Crippen LogP contribution in [0.2, 0.25) is 0 Å². The molecule has 0 radical (unpaired) electrons. The van der Waals surface area contributed by atoms with Crippen LogP contribution in [0, 0.1) is 0 Å². The fourth-order valence-electron chi connectivity index (χ4n) is 1.83. The molecule has 19 heavy (non-hydrogen) atoms. The molecule has 1 aromatic heterocycles. The van der Waals surface area contributed by atoms with Crippen molar-refractivity contribution in [2.24, 2.45) is 0 Å². The molecular weight excluding hydrogens is 248 g/mol. The van der Waals surface area contributed by atoms with Crippen molar-refractivity contribution >= 4 is 11.9 Å². The summed E-state index contributed by atoms with van der Waals surface area (Å²) in [6.45, 7) is 3.72. The minimum absolute atomic E-state index is 0.0985. The molecule has 0 aromatic carbocycles. The molecule has 0 bridgehead atoms. The summed E-state index contributed by atoms with van der Waals surface area (Å²) in [6, 6.07) is -0.498. The Kier molecular flexibility index (Phi) is 5.02. The fourth-order valence-corrected chi connectivity index (χ4v) is 1.83. The van der Waals surface area contributed by atoms with Crippen LogP contribution in [0.15, 0.2) is 0 Å². The first-order chi connectivity index (χ1) is 8.93. The van der Waals surface area contributed by atoms with E-state index in [1.165, 1.54) is 16.7 Å². The summed E-state index contributed by atoms with van der Waals surface area (Å²) < 4.78 is 6.17. The predicted octanol–water partition coefficient (Wildman–Crippen LogP) is 0.666. The zero-order chi connectivity index (χ0) is 14.6. The van der Waals surface area contributed by atoms with E-state index in [1.54, 1.807) is 21.0 Å². The maximum atomic E-state index is 12.0. The summed E-state index contributed by atoms with van der Waals surface area (Å²) in [6.07, 6.45) is 1.43. The molecule has 1 amide bonds. The molecule has 106 valence electrons. The molecule has 0 aliphatic carbocycles. The van der Waals surface area contributed by atoms with Crippen LogP contribution in [-0.2, 0) is 16.0 Å². The zero-order valence-electron chi connectivity index (χ0n) is 12.0. The molecule has 0 saturated carbocycles. The maximum Gasteiger partial charge on any atom is 0.360 e. The molecule has 0 spiro atoms. The van der Waals surface area contributed by atoms with Crippen LogP contribution in [0.25, 0.3) is 0 Å². The highest BCUT2D eigenvalue weighted by atomic mass is 16.5. The van der Waals surface area contributed by atoms with Gasteiger partial charge in [-0.15, -0.1) is 5.10 Å². The van der Waals surface area contributed by atoms with Gasteiger partial charge < -0.3 is 9.64 Å². The Morgan fingerprint density at radius 1 is 1.42 bits per heavy atom. The quantitative estimate of drug-likeness (QED) is 0.733. The number of hydrogen-bond acceptors (Lipinski definition) is 5. The van der Waals surface area contributed by atoms with Gasteiger partial charge in [0.15, 0.2) is 5.69 Å². The fraction of sp³-hybridized carbons (Fsp3) is 0.667. The van der Waals surface area contributed by atoms with Crippen LogP contribution in [0.5, 0.6) is 0 Å². The Morgan fingerprint density at radius 2 is 2.05 bits per heavy atom. The van der Waals surface area contributed by atoms with Crippen LogP contribution in [0.1, 0.15) is 42.5 Å². The molecule has 1 aromatic rings. The highest BCUT2D eigenvalue weighted by molar-refractivity contribution is 5.88. The topological polar surface area (TPSA) is 77.3 Å². The summed E-state index contributed by atoms with van der Waals surface area (Å²) in [5.41, 5.74) is 0.819.